The van der Waals surface area contributed by atoms with Crippen LogP contribution in [-0.4, -0.2) is 10.9 Å². The van der Waals surface area contributed by atoms with Crippen molar-refractivity contribution in [3.63, 3.8) is 0 Å². The molecule has 0 spiro atoms. The topological polar surface area (TPSA) is 42.0 Å². The minimum absolute atomic E-state index is 0.113. The fourth-order valence-electron chi connectivity index (χ4n) is 1.22. The maximum Gasteiger partial charge on any atom is 0.256 e. The Morgan fingerprint density at radius 3 is 3.00 bits per heavy atom. The molecule has 0 saturated heterocycles. The summed E-state index contributed by atoms with van der Waals surface area (Å²) in [7, 11) is 0. The quantitative estimate of drug-likeness (QED) is 0.922. The van der Waals surface area contributed by atoms with Gasteiger partial charge in [-0.3, -0.25) is 9.78 Å². The first kappa shape index (κ1) is 11.3. The smallest absolute Gasteiger partial charge is 0.256 e. The van der Waals surface area contributed by atoms with Gasteiger partial charge in [-0.05, 0) is 40.5 Å². The number of hydrogen-bond acceptors (Lipinski definition) is 3. The third-order valence-electron chi connectivity index (χ3n) is 2.12. The number of nitrogens with one attached hydrogen (secondary N) is 1. The number of nitrogens with zero attached hydrogens (tertiary/aromatic N) is 1. The number of thiophene rings is 1. The molecule has 1 N–H and O–H groups in total. The number of rotatable bonds is 2. The predicted octanol–water partition coefficient (Wildman–Crippen LogP) is 3.47. The molecule has 0 fully saturated rings. The van der Waals surface area contributed by atoms with E-state index >= 15 is 0 Å². The SMILES string of the molecule is Cc1ccncc1NC(=O)c1csc(Br)c1. The van der Waals surface area contributed by atoms with E-state index in [9.17, 15) is 4.79 Å². The number of carbonyl (C=O) groups excluding carboxylic acids is 1. The molecule has 0 unspecified atom stereocenters. The number of aryl methyl sites for hydroxylation is 1. The Balaban J connectivity index is 2.17. The molecule has 3 nitrogen and oxygen atoms in total. The van der Waals surface area contributed by atoms with Crippen molar-refractivity contribution in [2.45, 2.75) is 6.92 Å². The van der Waals surface area contributed by atoms with Gasteiger partial charge in [-0.25, -0.2) is 0 Å². The predicted molar refractivity (Wildman–Crippen MR) is 68.9 cm³/mol. The van der Waals surface area contributed by atoms with Gasteiger partial charge in [0.25, 0.3) is 5.91 Å². The van der Waals surface area contributed by atoms with Crippen LogP contribution in [0.15, 0.2) is 33.7 Å². The van der Waals surface area contributed by atoms with E-state index in [2.05, 4.69) is 26.2 Å². The van der Waals surface area contributed by atoms with Gasteiger partial charge >= 0.3 is 0 Å². The van der Waals surface area contributed by atoms with Gasteiger partial charge < -0.3 is 5.32 Å². The van der Waals surface area contributed by atoms with Crippen LogP contribution in [-0.2, 0) is 0 Å². The highest BCUT2D eigenvalue weighted by Crippen LogP contribution is 2.22. The molecule has 0 saturated carbocycles. The average Bonchev–Trinajstić information content (AvgIpc) is 2.68. The van der Waals surface area contributed by atoms with Crippen molar-refractivity contribution >= 4 is 38.9 Å². The monoisotopic (exact) mass is 296 g/mol. The zero-order valence-electron chi connectivity index (χ0n) is 8.53. The molecule has 0 aliphatic carbocycles. The summed E-state index contributed by atoms with van der Waals surface area (Å²) >= 11 is 4.81. The van der Waals surface area contributed by atoms with E-state index in [1.807, 2.05) is 18.4 Å². The van der Waals surface area contributed by atoms with Gasteiger partial charge in [0.05, 0.1) is 21.2 Å². The molecule has 2 aromatic rings. The van der Waals surface area contributed by atoms with Crippen LogP contribution in [0.5, 0.6) is 0 Å². The van der Waals surface area contributed by atoms with E-state index < -0.39 is 0 Å². The lowest BCUT2D eigenvalue weighted by Gasteiger charge is -2.05. The van der Waals surface area contributed by atoms with Crippen LogP contribution in [0, 0.1) is 6.92 Å². The lowest BCUT2D eigenvalue weighted by Crippen LogP contribution is -2.11. The number of pyridine rings is 1. The number of halogens is 1. The number of carbonyl (C=O) groups is 1. The molecule has 16 heavy (non-hydrogen) atoms. The number of hydrogen-bond donors (Lipinski definition) is 1. The fourth-order valence-corrected chi connectivity index (χ4v) is 2.36. The molecule has 2 aromatic heterocycles. The lowest BCUT2D eigenvalue weighted by atomic mass is 10.2. The molecule has 1 amide bonds. The minimum Gasteiger partial charge on any atom is -0.320 e. The molecule has 0 aromatic carbocycles. The number of amides is 1. The summed E-state index contributed by atoms with van der Waals surface area (Å²) in [4.78, 5) is 15.8. The van der Waals surface area contributed by atoms with Crippen LogP contribution in [0.3, 0.4) is 0 Å². The molecular formula is C11H9BrN2OS. The Bertz CT molecular complexity index is 524. The summed E-state index contributed by atoms with van der Waals surface area (Å²) in [5.41, 5.74) is 2.40. The van der Waals surface area contributed by atoms with Crippen LogP contribution >= 0.6 is 27.3 Å². The van der Waals surface area contributed by atoms with Crippen LogP contribution < -0.4 is 5.32 Å². The second-order valence-electron chi connectivity index (χ2n) is 3.28. The maximum absolute atomic E-state index is 11.8. The molecule has 82 valence electrons. The highest BCUT2D eigenvalue weighted by molar-refractivity contribution is 9.11. The first-order chi connectivity index (χ1) is 7.66. The molecule has 0 radical (unpaired) electrons. The van der Waals surface area contributed by atoms with Crippen molar-refractivity contribution in [2.75, 3.05) is 5.32 Å². The van der Waals surface area contributed by atoms with E-state index in [0.29, 0.717) is 5.56 Å². The molecule has 2 heterocycles. The second kappa shape index (κ2) is 4.76. The summed E-state index contributed by atoms with van der Waals surface area (Å²) in [5, 5.41) is 4.63. The minimum atomic E-state index is -0.113. The van der Waals surface area contributed by atoms with Gasteiger partial charge in [-0.15, -0.1) is 11.3 Å². The van der Waals surface area contributed by atoms with Crippen molar-refractivity contribution in [2.24, 2.45) is 0 Å². The van der Waals surface area contributed by atoms with E-state index in [1.54, 1.807) is 18.5 Å². The summed E-state index contributed by atoms with van der Waals surface area (Å²) in [6.45, 7) is 1.93. The first-order valence-electron chi connectivity index (χ1n) is 4.63. The molecule has 5 heteroatoms. The van der Waals surface area contributed by atoms with Crippen LogP contribution in [0.2, 0.25) is 0 Å². The van der Waals surface area contributed by atoms with Gasteiger partial charge in [0, 0.05) is 11.6 Å². The van der Waals surface area contributed by atoms with E-state index in [1.165, 1.54) is 11.3 Å². The third kappa shape index (κ3) is 2.48. The zero-order valence-corrected chi connectivity index (χ0v) is 10.9. The van der Waals surface area contributed by atoms with Crippen LogP contribution in [0.25, 0.3) is 0 Å². The van der Waals surface area contributed by atoms with Crippen molar-refractivity contribution in [3.8, 4) is 0 Å². The zero-order chi connectivity index (χ0) is 11.5. The summed E-state index contributed by atoms with van der Waals surface area (Å²) in [5.74, 6) is -0.113. The van der Waals surface area contributed by atoms with E-state index in [-0.39, 0.29) is 5.91 Å². The van der Waals surface area contributed by atoms with E-state index in [0.717, 1.165) is 15.0 Å². The molecule has 0 atom stereocenters. The Kier molecular flexibility index (Phi) is 3.36. The van der Waals surface area contributed by atoms with Crippen molar-refractivity contribution in [3.05, 3.63) is 44.8 Å². The van der Waals surface area contributed by atoms with Gasteiger partial charge in [-0.1, -0.05) is 0 Å². The highest BCUT2D eigenvalue weighted by Gasteiger charge is 2.09. The Labute approximate surface area is 106 Å². The van der Waals surface area contributed by atoms with Crippen LogP contribution in [0.1, 0.15) is 15.9 Å². The standard InChI is InChI=1S/C11H9BrN2OS/c1-7-2-3-13-5-9(7)14-11(15)8-4-10(12)16-6-8/h2-6H,1H3,(H,14,15). The highest BCUT2D eigenvalue weighted by atomic mass is 79.9. The second-order valence-corrected chi connectivity index (χ2v) is 5.57. The summed E-state index contributed by atoms with van der Waals surface area (Å²) in [6.07, 6.45) is 3.35. The molecule has 0 aliphatic rings. The van der Waals surface area contributed by atoms with Crippen molar-refractivity contribution < 1.29 is 4.79 Å². The fraction of sp³-hybridized carbons (Fsp3) is 0.0909. The van der Waals surface area contributed by atoms with Crippen molar-refractivity contribution in [1.29, 1.82) is 0 Å². The number of anilines is 1. The first-order valence-corrected chi connectivity index (χ1v) is 6.30. The largest absolute Gasteiger partial charge is 0.320 e. The molecule has 2 rings (SSSR count). The maximum atomic E-state index is 11.8. The molecule has 0 bridgehead atoms. The van der Waals surface area contributed by atoms with Crippen molar-refractivity contribution in [1.82, 2.24) is 4.98 Å². The van der Waals surface area contributed by atoms with Gasteiger partial charge in [0.2, 0.25) is 0 Å². The average molecular weight is 297 g/mol. The third-order valence-corrected chi connectivity index (χ3v) is 3.62. The molecular weight excluding hydrogens is 288 g/mol. The van der Waals surface area contributed by atoms with E-state index in [4.69, 9.17) is 0 Å². The van der Waals surface area contributed by atoms with Gasteiger partial charge in [0.15, 0.2) is 0 Å². The summed E-state index contributed by atoms with van der Waals surface area (Å²) < 4.78 is 0.945. The Morgan fingerprint density at radius 1 is 1.56 bits per heavy atom. The Hall–Kier alpha value is -1.20. The lowest BCUT2D eigenvalue weighted by molar-refractivity contribution is 0.102. The van der Waals surface area contributed by atoms with Crippen LogP contribution in [0.4, 0.5) is 5.69 Å². The number of aromatic nitrogens is 1. The Morgan fingerprint density at radius 2 is 2.38 bits per heavy atom. The normalized spacial score (nSPS) is 10.1. The summed E-state index contributed by atoms with van der Waals surface area (Å²) in [6, 6.07) is 3.66. The van der Waals surface area contributed by atoms with Gasteiger partial charge in [-0.2, -0.15) is 0 Å². The molecule has 0 aliphatic heterocycles. The van der Waals surface area contributed by atoms with Gasteiger partial charge in [0.1, 0.15) is 0 Å².